The van der Waals surface area contributed by atoms with E-state index in [9.17, 15) is 14.4 Å². The summed E-state index contributed by atoms with van der Waals surface area (Å²) in [5, 5.41) is 7.29. The molecule has 186 valence electrons. The molecule has 36 heavy (non-hydrogen) atoms. The number of piperazine rings is 1. The standard InChI is InChI=1S/C24H26N8O3S/c33-20-6-3-4-18-17-12-16(14-32(18)20)13-31(15-17)24(35)26-22-21(27-28-36-22)23(34)30-10-8-29(9-11-30)19-5-1-2-7-25-19/h1-7,16-17H,8-15H2,(H,26,35)/t16-,17-/m1/s1. The van der Waals surface area contributed by atoms with E-state index in [1.54, 1.807) is 28.1 Å². The molecule has 6 rings (SSSR count). The molecule has 3 aromatic heterocycles. The number of carbonyl (C=O) groups is 2. The van der Waals surface area contributed by atoms with Gasteiger partial charge in [0, 0.05) is 81.2 Å². The van der Waals surface area contributed by atoms with Crippen molar-refractivity contribution in [3.05, 3.63) is 64.3 Å². The van der Waals surface area contributed by atoms with E-state index in [2.05, 4.69) is 24.8 Å². The van der Waals surface area contributed by atoms with Crippen LogP contribution < -0.4 is 15.8 Å². The summed E-state index contributed by atoms with van der Waals surface area (Å²) in [6, 6.07) is 10.9. The first-order valence-corrected chi connectivity index (χ1v) is 12.9. The van der Waals surface area contributed by atoms with E-state index in [1.807, 2.05) is 28.8 Å². The van der Waals surface area contributed by atoms with Crippen molar-refractivity contribution >= 4 is 34.3 Å². The highest BCUT2D eigenvalue weighted by Crippen LogP contribution is 2.35. The Balaban J connectivity index is 1.10. The van der Waals surface area contributed by atoms with Gasteiger partial charge in [-0.3, -0.25) is 14.9 Å². The van der Waals surface area contributed by atoms with Crippen molar-refractivity contribution in [3.63, 3.8) is 0 Å². The third-order valence-corrected chi connectivity index (χ3v) is 7.86. The number of aromatic nitrogens is 4. The van der Waals surface area contributed by atoms with E-state index < -0.39 is 0 Å². The van der Waals surface area contributed by atoms with E-state index in [-0.39, 0.29) is 35.0 Å². The SMILES string of the molecule is O=C(Nc1snnc1C(=O)N1CCN(c2ccccn2)CC1)N1C[C@H]2C[C@H](C1)c1cccc(=O)n1C2. The van der Waals surface area contributed by atoms with Crippen LogP contribution in [0.2, 0.25) is 0 Å². The first kappa shape index (κ1) is 22.7. The number of hydrogen-bond acceptors (Lipinski definition) is 8. The summed E-state index contributed by atoms with van der Waals surface area (Å²) in [6.45, 7) is 4.12. The van der Waals surface area contributed by atoms with Crippen molar-refractivity contribution < 1.29 is 9.59 Å². The maximum Gasteiger partial charge on any atom is 0.322 e. The fraction of sp³-hybridized carbons (Fsp3) is 0.417. The number of piperidine rings is 1. The van der Waals surface area contributed by atoms with Crippen LogP contribution in [0.4, 0.5) is 15.6 Å². The molecule has 0 spiro atoms. The van der Waals surface area contributed by atoms with Crippen LogP contribution in [-0.4, -0.2) is 80.1 Å². The second-order valence-corrected chi connectivity index (χ2v) is 10.2. The lowest BCUT2D eigenvalue weighted by atomic mass is 9.83. The Morgan fingerprint density at radius 2 is 1.83 bits per heavy atom. The van der Waals surface area contributed by atoms with Gasteiger partial charge >= 0.3 is 6.03 Å². The van der Waals surface area contributed by atoms with Crippen LogP contribution in [0.3, 0.4) is 0 Å². The maximum absolute atomic E-state index is 13.2. The first-order chi connectivity index (χ1) is 17.6. The molecule has 2 saturated heterocycles. The van der Waals surface area contributed by atoms with E-state index in [0.29, 0.717) is 50.8 Å². The zero-order valence-electron chi connectivity index (χ0n) is 19.6. The predicted molar refractivity (Wildman–Crippen MR) is 134 cm³/mol. The van der Waals surface area contributed by atoms with Crippen LogP contribution in [0.1, 0.15) is 28.5 Å². The molecule has 2 atom stereocenters. The Kier molecular flexibility index (Phi) is 5.88. The van der Waals surface area contributed by atoms with Gasteiger partial charge in [0.25, 0.3) is 11.5 Å². The van der Waals surface area contributed by atoms with Gasteiger partial charge in [0.15, 0.2) is 10.7 Å². The van der Waals surface area contributed by atoms with Gasteiger partial charge < -0.3 is 19.3 Å². The summed E-state index contributed by atoms with van der Waals surface area (Å²) < 4.78 is 5.79. The topological polar surface area (TPSA) is 117 Å². The Bertz CT molecular complexity index is 1330. The molecule has 3 aliphatic rings. The monoisotopic (exact) mass is 506 g/mol. The molecule has 2 bridgehead atoms. The van der Waals surface area contributed by atoms with Crippen LogP contribution in [0.5, 0.6) is 0 Å². The predicted octanol–water partition coefficient (Wildman–Crippen LogP) is 1.71. The number of nitrogens with zero attached hydrogens (tertiary/aromatic N) is 7. The van der Waals surface area contributed by atoms with Gasteiger partial charge in [-0.05, 0) is 30.5 Å². The second kappa shape index (κ2) is 9.34. The van der Waals surface area contributed by atoms with E-state index in [4.69, 9.17) is 0 Å². The summed E-state index contributed by atoms with van der Waals surface area (Å²) in [5.41, 5.74) is 1.17. The molecule has 3 aromatic rings. The number of anilines is 2. The Labute approximate surface area is 211 Å². The molecule has 11 nitrogen and oxygen atoms in total. The van der Waals surface area contributed by atoms with Crippen molar-refractivity contribution in [2.75, 3.05) is 49.5 Å². The van der Waals surface area contributed by atoms with Crippen LogP contribution >= 0.6 is 11.5 Å². The van der Waals surface area contributed by atoms with Gasteiger partial charge in [0.05, 0.1) is 0 Å². The molecule has 0 radical (unpaired) electrons. The largest absolute Gasteiger partial charge is 0.353 e. The number of carbonyl (C=O) groups excluding carboxylic acids is 2. The van der Waals surface area contributed by atoms with E-state index in [1.165, 1.54) is 0 Å². The average Bonchev–Trinajstić information content (AvgIpc) is 3.37. The normalized spacial score (nSPS) is 21.2. The molecule has 3 amide bonds. The van der Waals surface area contributed by atoms with Crippen LogP contribution in [0, 0.1) is 5.92 Å². The van der Waals surface area contributed by atoms with Crippen molar-refractivity contribution in [2.45, 2.75) is 18.9 Å². The van der Waals surface area contributed by atoms with Crippen molar-refractivity contribution in [1.82, 2.24) is 28.9 Å². The third-order valence-electron chi connectivity index (χ3n) is 7.22. The van der Waals surface area contributed by atoms with Gasteiger partial charge in [0.1, 0.15) is 5.82 Å². The van der Waals surface area contributed by atoms with Crippen molar-refractivity contribution in [2.24, 2.45) is 5.92 Å². The molecule has 2 fully saturated rings. The van der Waals surface area contributed by atoms with Crippen LogP contribution in [-0.2, 0) is 6.54 Å². The number of likely N-dealkylation sites (tertiary alicyclic amines) is 1. The second-order valence-electron chi connectivity index (χ2n) is 9.45. The number of rotatable bonds is 3. The van der Waals surface area contributed by atoms with Gasteiger partial charge in [-0.1, -0.05) is 16.6 Å². The zero-order valence-corrected chi connectivity index (χ0v) is 20.4. The zero-order chi connectivity index (χ0) is 24.6. The smallest absolute Gasteiger partial charge is 0.322 e. The number of hydrogen-bond donors (Lipinski definition) is 1. The number of nitrogens with one attached hydrogen (secondary N) is 1. The van der Waals surface area contributed by atoms with Gasteiger partial charge in [-0.15, -0.1) is 5.10 Å². The maximum atomic E-state index is 13.2. The number of fused-ring (bicyclic) bond motifs is 4. The molecular formula is C24H26N8O3S. The number of urea groups is 1. The minimum Gasteiger partial charge on any atom is -0.353 e. The molecule has 3 aliphatic heterocycles. The molecule has 0 aromatic carbocycles. The van der Waals surface area contributed by atoms with Gasteiger partial charge in [0.2, 0.25) is 0 Å². The minimum atomic E-state index is -0.267. The van der Waals surface area contributed by atoms with Crippen LogP contribution in [0.25, 0.3) is 0 Å². The third kappa shape index (κ3) is 4.21. The van der Waals surface area contributed by atoms with Crippen molar-refractivity contribution in [3.8, 4) is 0 Å². The quantitative estimate of drug-likeness (QED) is 0.575. The summed E-state index contributed by atoms with van der Waals surface area (Å²) in [5.74, 6) is 1.00. The minimum absolute atomic E-state index is 0.0138. The number of pyridine rings is 2. The van der Waals surface area contributed by atoms with Gasteiger partial charge in [-0.2, -0.15) is 0 Å². The lowest BCUT2D eigenvalue weighted by Crippen LogP contribution is -2.50. The summed E-state index contributed by atoms with van der Waals surface area (Å²) in [4.78, 5) is 48.7. The summed E-state index contributed by atoms with van der Waals surface area (Å²) >= 11 is 1.01. The Morgan fingerprint density at radius 1 is 0.972 bits per heavy atom. The highest BCUT2D eigenvalue weighted by molar-refractivity contribution is 7.10. The number of amides is 3. The molecule has 12 heteroatoms. The van der Waals surface area contributed by atoms with Crippen molar-refractivity contribution in [1.29, 1.82) is 0 Å². The molecule has 0 aliphatic carbocycles. The lowest BCUT2D eigenvalue weighted by molar-refractivity contribution is 0.0741. The highest BCUT2D eigenvalue weighted by atomic mass is 32.1. The summed E-state index contributed by atoms with van der Waals surface area (Å²) in [7, 11) is 0. The Morgan fingerprint density at radius 3 is 2.64 bits per heavy atom. The fourth-order valence-corrected chi connectivity index (χ4v) is 6.03. The van der Waals surface area contributed by atoms with E-state index in [0.717, 1.165) is 29.5 Å². The lowest BCUT2D eigenvalue weighted by Gasteiger charge is -2.42. The molecule has 1 N–H and O–H groups in total. The average molecular weight is 507 g/mol. The van der Waals surface area contributed by atoms with Gasteiger partial charge in [-0.25, -0.2) is 9.78 Å². The Hall–Kier alpha value is -3.80. The first-order valence-electron chi connectivity index (χ1n) is 12.1. The molecule has 0 saturated carbocycles. The fourth-order valence-electron chi connectivity index (χ4n) is 5.48. The molecule has 6 heterocycles. The summed E-state index contributed by atoms with van der Waals surface area (Å²) in [6.07, 6.45) is 2.72. The molecular weight excluding hydrogens is 480 g/mol. The van der Waals surface area contributed by atoms with E-state index >= 15 is 0 Å². The highest BCUT2D eigenvalue weighted by Gasteiger charge is 2.37. The molecule has 0 unspecified atom stereocenters. The van der Waals surface area contributed by atoms with Crippen LogP contribution in [0.15, 0.2) is 47.4 Å².